The molecule has 5 heteroatoms. The fraction of sp³-hybridized carbons (Fsp3) is 0.583. The zero-order valence-electron chi connectivity index (χ0n) is 10.0. The lowest BCUT2D eigenvalue weighted by Gasteiger charge is -2.34. The summed E-state index contributed by atoms with van der Waals surface area (Å²) >= 11 is 0. The maximum atomic E-state index is 11.8. The molecule has 0 radical (unpaired) electrons. The average Bonchev–Trinajstić information content (AvgIpc) is 2.83. The molecule has 0 saturated carbocycles. The van der Waals surface area contributed by atoms with Crippen LogP contribution in [0.1, 0.15) is 12.5 Å². The van der Waals surface area contributed by atoms with Crippen LogP contribution in [-0.4, -0.2) is 43.2 Å². The van der Waals surface area contributed by atoms with E-state index in [0.29, 0.717) is 13.2 Å². The molecule has 1 N–H and O–H groups in total. The number of piperazine rings is 1. The molecule has 1 saturated heterocycles. The molecule has 1 fully saturated rings. The van der Waals surface area contributed by atoms with E-state index in [1.54, 1.807) is 12.5 Å². The van der Waals surface area contributed by atoms with E-state index in [1.165, 1.54) is 0 Å². The monoisotopic (exact) mass is 238 g/mol. The SMILES string of the molecule is CCOC(=O)C1CNCCN1Cc1ccoc1. The first-order valence-corrected chi connectivity index (χ1v) is 5.93. The van der Waals surface area contributed by atoms with Gasteiger partial charge in [-0.2, -0.15) is 0 Å². The molecule has 1 aliphatic heterocycles. The molecule has 0 aliphatic carbocycles. The van der Waals surface area contributed by atoms with E-state index in [0.717, 1.165) is 25.2 Å². The summed E-state index contributed by atoms with van der Waals surface area (Å²) in [6.45, 7) is 5.37. The lowest BCUT2D eigenvalue weighted by Crippen LogP contribution is -2.54. The second kappa shape index (κ2) is 5.84. The largest absolute Gasteiger partial charge is 0.472 e. The Balaban J connectivity index is 1.99. The van der Waals surface area contributed by atoms with Crippen molar-refractivity contribution in [3.05, 3.63) is 24.2 Å². The van der Waals surface area contributed by atoms with E-state index in [4.69, 9.17) is 9.15 Å². The number of ether oxygens (including phenoxy) is 1. The maximum Gasteiger partial charge on any atom is 0.324 e. The fourth-order valence-electron chi connectivity index (χ4n) is 2.02. The minimum Gasteiger partial charge on any atom is -0.472 e. The normalized spacial score (nSPS) is 21.4. The lowest BCUT2D eigenvalue weighted by atomic mass is 10.1. The van der Waals surface area contributed by atoms with Crippen molar-refractivity contribution in [2.75, 3.05) is 26.2 Å². The van der Waals surface area contributed by atoms with Gasteiger partial charge in [0.05, 0.1) is 19.1 Å². The number of nitrogens with one attached hydrogen (secondary N) is 1. The average molecular weight is 238 g/mol. The van der Waals surface area contributed by atoms with Crippen LogP contribution in [0.5, 0.6) is 0 Å². The smallest absolute Gasteiger partial charge is 0.324 e. The number of nitrogens with zero attached hydrogens (tertiary/aromatic N) is 1. The number of rotatable bonds is 4. The van der Waals surface area contributed by atoms with Gasteiger partial charge in [0.15, 0.2) is 0 Å². The van der Waals surface area contributed by atoms with Crippen LogP contribution in [0.3, 0.4) is 0 Å². The third kappa shape index (κ3) is 3.08. The highest BCUT2D eigenvalue weighted by atomic mass is 16.5. The summed E-state index contributed by atoms with van der Waals surface area (Å²) in [4.78, 5) is 13.9. The number of carbonyl (C=O) groups excluding carboxylic acids is 1. The van der Waals surface area contributed by atoms with Crippen LogP contribution < -0.4 is 5.32 Å². The van der Waals surface area contributed by atoms with E-state index in [-0.39, 0.29) is 12.0 Å². The van der Waals surface area contributed by atoms with Gasteiger partial charge in [0.25, 0.3) is 0 Å². The summed E-state index contributed by atoms with van der Waals surface area (Å²) in [6, 6.07) is 1.73. The van der Waals surface area contributed by atoms with E-state index in [2.05, 4.69) is 10.2 Å². The number of hydrogen-bond acceptors (Lipinski definition) is 5. The molecule has 94 valence electrons. The Morgan fingerprint density at radius 1 is 1.71 bits per heavy atom. The fourth-order valence-corrected chi connectivity index (χ4v) is 2.02. The topological polar surface area (TPSA) is 54.7 Å². The van der Waals surface area contributed by atoms with Gasteiger partial charge in [-0.15, -0.1) is 0 Å². The number of esters is 1. The quantitative estimate of drug-likeness (QED) is 0.779. The highest BCUT2D eigenvalue weighted by Crippen LogP contribution is 2.12. The molecule has 0 bridgehead atoms. The number of carbonyl (C=O) groups is 1. The van der Waals surface area contributed by atoms with Crippen molar-refractivity contribution in [1.29, 1.82) is 0 Å². The molecular formula is C12H18N2O3. The molecular weight excluding hydrogens is 220 g/mol. The Morgan fingerprint density at radius 2 is 2.59 bits per heavy atom. The Bertz CT molecular complexity index is 351. The van der Waals surface area contributed by atoms with Crippen molar-refractivity contribution in [2.24, 2.45) is 0 Å². The maximum absolute atomic E-state index is 11.8. The molecule has 5 nitrogen and oxygen atoms in total. The first-order chi connectivity index (χ1) is 8.31. The molecule has 17 heavy (non-hydrogen) atoms. The predicted molar refractivity (Wildman–Crippen MR) is 62.4 cm³/mol. The third-order valence-electron chi connectivity index (χ3n) is 2.88. The van der Waals surface area contributed by atoms with Gasteiger partial charge in [0.1, 0.15) is 6.04 Å². The van der Waals surface area contributed by atoms with E-state index < -0.39 is 0 Å². The highest BCUT2D eigenvalue weighted by Gasteiger charge is 2.29. The standard InChI is InChI=1S/C12H18N2O3/c1-2-17-12(15)11-7-13-4-5-14(11)8-10-3-6-16-9-10/h3,6,9,11,13H,2,4-5,7-8H2,1H3. The highest BCUT2D eigenvalue weighted by molar-refractivity contribution is 5.76. The molecule has 0 amide bonds. The molecule has 0 spiro atoms. The number of furan rings is 1. The molecule has 1 aromatic heterocycles. The summed E-state index contributed by atoms with van der Waals surface area (Å²) in [5.74, 6) is -0.150. The molecule has 1 aliphatic rings. The zero-order chi connectivity index (χ0) is 12.1. The first-order valence-electron chi connectivity index (χ1n) is 5.93. The van der Waals surface area contributed by atoms with Crippen molar-refractivity contribution in [3.63, 3.8) is 0 Å². The zero-order valence-corrected chi connectivity index (χ0v) is 10.0. The Kier molecular flexibility index (Phi) is 4.17. The Labute approximate surface area is 101 Å². The Hall–Kier alpha value is -1.33. The molecule has 1 aromatic rings. The van der Waals surface area contributed by atoms with Gasteiger partial charge in [-0.1, -0.05) is 0 Å². The summed E-state index contributed by atoms with van der Waals surface area (Å²) < 4.78 is 10.1. The van der Waals surface area contributed by atoms with Crippen molar-refractivity contribution in [3.8, 4) is 0 Å². The van der Waals surface area contributed by atoms with Crippen LogP contribution >= 0.6 is 0 Å². The molecule has 1 atom stereocenters. The number of hydrogen-bond donors (Lipinski definition) is 1. The van der Waals surface area contributed by atoms with Gasteiger partial charge < -0.3 is 14.5 Å². The van der Waals surface area contributed by atoms with Crippen molar-refractivity contribution in [1.82, 2.24) is 10.2 Å². The molecule has 2 rings (SSSR count). The first kappa shape index (κ1) is 12.1. The van der Waals surface area contributed by atoms with Crippen LogP contribution in [0, 0.1) is 0 Å². The van der Waals surface area contributed by atoms with Crippen LogP contribution in [0.4, 0.5) is 0 Å². The van der Waals surface area contributed by atoms with Crippen molar-refractivity contribution in [2.45, 2.75) is 19.5 Å². The van der Waals surface area contributed by atoms with Gasteiger partial charge >= 0.3 is 5.97 Å². The minimum absolute atomic E-state index is 0.150. The molecule has 0 aromatic carbocycles. The van der Waals surface area contributed by atoms with Gasteiger partial charge in [0.2, 0.25) is 0 Å². The van der Waals surface area contributed by atoms with E-state index in [1.807, 2.05) is 13.0 Å². The van der Waals surface area contributed by atoms with Crippen LogP contribution in [0.15, 0.2) is 23.0 Å². The summed E-state index contributed by atoms with van der Waals surface area (Å²) in [6.07, 6.45) is 3.36. The Morgan fingerprint density at radius 3 is 3.29 bits per heavy atom. The molecule has 1 unspecified atom stereocenters. The summed E-state index contributed by atoms with van der Waals surface area (Å²) in [7, 11) is 0. The van der Waals surface area contributed by atoms with E-state index in [9.17, 15) is 4.79 Å². The van der Waals surface area contributed by atoms with Crippen LogP contribution in [-0.2, 0) is 16.1 Å². The van der Waals surface area contributed by atoms with Crippen molar-refractivity contribution >= 4 is 5.97 Å². The second-order valence-electron chi connectivity index (χ2n) is 4.07. The van der Waals surface area contributed by atoms with Crippen molar-refractivity contribution < 1.29 is 13.9 Å². The van der Waals surface area contributed by atoms with Crippen LogP contribution in [0.2, 0.25) is 0 Å². The third-order valence-corrected chi connectivity index (χ3v) is 2.88. The minimum atomic E-state index is -0.196. The summed E-state index contributed by atoms with van der Waals surface area (Å²) in [5.41, 5.74) is 1.08. The van der Waals surface area contributed by atoms with Gasteiger partial charge in [-0.05, 0) is 13.0 Å². The lowest BCUT2D eigenvalue weighted by molar-refractivity contribution is -0.150. The van der Waals surface area contributed by atoms with Gasteiger partial charge in [-0.3, -0.25) is 9.69 Å². The summed E-state index contributed by atoms with van der Waals surface area (Å²) in [5, 5.41) is 3.22. The second-order valence-corrected chi connectivity index (χ2v) is 4.07. The van der Waals surface area contributed by atoms with Gasteiger partial charge in [-0.25, -0.2) is 0 Å². The molecule has 2 heterocycles. The predicted octanol–water partition coefficient (Wildman–Crippen LogP) is 0.617. The van der Waals surface area contributed by atoms with E-state index >= 15 is 0 Å². The van der Waals surface area contributed by atoms with Crippen LogP contribution in [0.25, 0.3) is 0 Å². The van der Waals surface area contributed by atoms with Gasteiger partial charge in [0, 0.05) is 31.7 Å².